The zero-order valence-electron chi connectivity index (χ0n) is 12.4. The topological polar surface area (TPSA) is 75.6 Å². The van der Waals surface area contributed by atoms with Gasteiger partial charge in [-0.3, -0.25) is 9.59 Å². The van der Waals surface area contributed by atoms with Gasteiger partial charge in [0, 0.05) is 11.0 Å². The summed E-state index contributed by atoms with van der Waals surface area (Å²) in [6.45, 7) is 0.0521. The van der Waals surface area contributed by atoms with Crippen molar-refractivity contribution < 1.29 is 19.4 Å². The average Bonchev–Trinajstić information content (AvgIpc) is 2.97. The van der Waals surface area contributed by atoms with Gasteiger partial charge in [0.15, 0.2) is 0 Å². The van der Waals surface area contributed by atoms with Gasteiger partial charge < -0.3 is 15.2 Å². The van der Waals surface area contributed by atoms with E-state index in [0.717, 1.165) is 5.56 Å². The lowest BCUT2D eigenvalue weighted by molar-refractivity contribution is -0.141. The van der Waals surface area contributed by atoms with Crippen molar-refractivity contribution in [2.75, 3.05) is 13.7 Å². The minimum absolute atomic E-state index is 0.0521. The van der Waals surface area contributed by atoms with Crippen molar-refractivity contribution in [2.45, 2.75) is 6.42 Å². The summed E-state index contributed by atoms with van der Waals surface area (Å²) in [7, 11) is 1.55. The van der Waals surface area contributed by atoms with E-state index in [-0.39, 0.29) is 18.9 Å². The fourth-order valence-corrected chi connectivity index (χ4v) is 3.60. The monoisotopic (exact) mass is 397 g/mol. The molecule has 0 spiro atoms. The van der Waals surface area contributed by atoms with Crippen LogP contribution in [0.4, 0.5) is 0 Å². The number of hydrogen-bond donors (Lipinski definition) is 2. The Balaban J connectivity index is 2.03. The number of carboxylic acids is 1. The van der Waals surface area contributed by atoms with Crippen molar-refractivity contribution in [3.8, 4) is 5.75 Å². The van der Waals surface area contributed by atoms with Crippen LogP contribution in [0.2, 0.25) is 0 Å². The van der Waals surface area contributed by atoms with Gasteiger partial charge in [-0.1, -0.05) is 18.2 Å². The normalized spacial score (nSPS) is 11.7. The van der Waals surface area contributed by atoms with E-state index < -0.39 is 11.9 Å². The van der Waals surface area contributed by atoms with Crippen LogP contribution in [-0.4, -0.2) is 30.6 Å². The standard InChI is InChI=1S/C16H16BrNO4S/c1-22-13-5-3-2-4-10(13)8-11(16(20)21)9-18-15(19)14-12(17)6-7-23-14/h2-7,11H,8-9H2,1H3,(H,18,19)(H,20,21). The first-order valence-electron chi connectivity index (χ1n) is 6.88. The van der Waals surface area contributed by atoms with E-state index in [4.69, 9.17) is 4.74 Å². The number of methoxy groups -OCH3 is 1. The molecule has 0 fully saturated rings. The van der Waals surface area contributed by atoms with Crippen molar-refractivity contribution in [3.05, 3.63) is 50.6 Å². The van der Waals surface area contributed by atoms with E-state index in [9.17, 15) is 14.7 Å². The number of benzene rings is 1. The number of hydrogen-bond acceptors (Lipinski definition) is 4. The molecule has 0 aliphatic carbocycles. The number of ether oxygens (including phenoxy) is 1. The first-order valence-corrected chi connectivity index (χ1v) is 8.56. The molecule has 1 atom stereocenters. The Morgan fingerprint density at radius 1 is 1.35 bits per heavy atom. The third-order valence-electron chi connectivity index (χ3n) is 3.34. The van der Waals surface area contributed by atoms with Gasteiger partial charge in [0.05, 0.1) is 13.0 Å². The second-order valence-electron chi connectivity index (χ2n) is 4.86. The number of nitrogens with one attached hydrogen (secondary N) is 1. The number of amides is 1. The molecule has 0 aliphatic rings. The van der Waals surface area contributed by atoms with Crippen LogP contribution in [0, 0.1) is 5.92 Å². The highest BCUT2D eigenvalue weighted by Gasteiger charge is 2.21. The Morgan fingerprint density at radius 2 is 2.09 bits per heavy atom. The number of carbonyl (C=O) groups excluding carboxylic acids is 1. The van der Waals surface area contributed by atoms with Crippen LogP contribution in [0.3, 0.4) is 0 Å². The fourth-order valence-electron chi connectivity index (χ4n) is 2.14. The quantitative estimate of drug-likeness (QED) is 0.751. The van der Waals surface area contributed by atoms with E-state index in [2.05, 4.69) is 21.2 Å². The van der Waals surface area contributed by atoms with Crippen LogP contribution in [0.5, 0.6) is 5.75 Å². The number of carbonyl (C=O) groups is 2. The van der Waals surface area contributed by atoms with Gasteiger partial charge in [0.25, 0.3) is 5.91 Å². The average molecular weight is 398 g/mol. The van der Waals surface area contributed by atoms with Gasteiger partial charge in [-0.05, 0) is 45.4 Å². The summed E-state index contributed by atoms with van der Waals surface area (Å²) < 4.78 is 5.95. The lowest BCUT2D eigenvalue weighted by atomic mass is 9.98. The molecule has 2 aromatic rings. The van der Waals surface area contributed by atoms with Crippen molar-refractivity contribution in [3.63, 3.8) is 0 Å². The molecule has 0 saturated carbocycles. The third-order valence-corrected chi connectivity index (χ3v) is 5.18. The summed E-state index contributed by atoms with van der Waals surface area (Å²) in [5.41, 5.74) is 0.800. The zero-order chi connectivity index (χ0) is 16.8. The summed E-state index contributed by atoms with van der Waals surface area (Å²) >= 11 is 4.59. The predicted molar refractivity (Wildman–Crippen MR) is 92.2 cm³/mol. The van der Waals surface area contributed by atoms with Gasteiger partial charge >= 0.3 is 5.97 Å². The van der Waals surface area contributed by atoms with E-state index in [1.807, 2.05) is 18.2 Å². The molecule has 0 saturated heterocycles. The highest BCUT2D eigenvalue weighted by atomic mass is 79.9. The Bertz CT molecular complexity index is 701. The SMILES string of the molecule is COc1ccccc1CC(CNC(=O)c1sccc1Br)C(=O)O. The molecule has 0 radical (unpaired) electrons. The minimum atomic E-state index is -0.957. The fraction of sp³-hybridized carbons (Fsp3) is 0.250. The summed E-state index contributed by atoms with van der Waals surface area (Å²) in [6.07, 6.45) is 0.283. The molecular formula is C16H16BrNO4S. The maximum atomic E-state index is 12.1. The van der Waals surface area contributed by atoms with Crippen molar-refractivity contribution >= 4 is 39.1 Å². The van der Waals surface area contributed by atoms with E-state index in [1.165, 1.54) is 11.3 Å². The Labute approximate surface area is 146 Å². The van der Waals surface area contributed by atoms with Gasteiger partial charge in [-0.25, -0.2) is 0 Å². The summed E-state index contributed by atoms with van der Waals surface area (Å²) in [4.78, 5) is 24.1. The van der Waals surface area contributed by atoms with Crippen LogP contribution in [-0.2, 0) is 11.2 Å². The Hall–Kier alpha value is -1.86. The van der Waals surface area contributed by atoms with Crippen LogP contribution in [0.25, 0.3) is 0 Å². The van der Waals surface area contributed by atoms with Crippen molar-refractivity contribution in [1.82, 2.24) is 5.32 Å². The second kappa shape index (κ2) is 8.12. The smallest absolute Gasteiger partial charge is 0.308 e. The molecule has 5 nitrogen and oxygen atoms in total. The number of halogens is 1. The molecule has 23 heavy (non-hydrogen) atoms. The first kappa shape index (κ1) is 17.5. The summed E-state index contributed by atoms with van der Waals surface area (Å²) in [5.74, 6) is -1.32. The lowest BCUT2D eigenvalue weighted by Crippen LogP contribution is -2.34. The maximum Gasteiger partial charge on any atom is 0.308 e. The summed E-state index contributed by atoms with van der Waals surface area (Å²) in [5, 5.41) is 13.9. The van der Waals surface area contributed by atoms with Gasteiger partial charge in [0.2, 0.25) is 0 Å². The van der Waals surface area contributed by atoms with Gasteiger partial charge in [-0.2, -0.15) is 0 Å². The third kappa shape index (κ3) is 4.56. The number of aliphatic carboxylic acids is 1. The van der Waals surface area contributed by atoms with Crippen LogP contribution in [0.1, 0.15) is 15.2 Å². The number of thiophene rings is 1. The molecule has 7 heteroatoms. The molecule has 1 amide bonds. The Kier molecular flexibility index (Phi) is 6.18. The second-order valence-corrected chi connectivity index (χ2v) is 6.63. The van der Waals surface area contributed by atoms with Crippen LogP contribution in [0.15, 0.2) is 40.2 Å². The van der Waals surface area contributed by atoms with Gasteiger partial charge in [0.1, 0.15) is 10.6 Å². The zero-order valence-corrected chi connectivity index (χ0v) is 14.8. The molecule has 1 aromatic carbocycles. The Morgan fingerprint density at radius 3 is 2.70 bits per heavy atom. The number of rotatable bonds is 7. The van der Waals surface area contributed by atoms with Crippen LogP contribution < -0.4 is 10.1 Å². The molecule has 0 aliphatic heterocycles. The largest absolute Gasteiger partial charge is 0.496 e. The molecule has 2 rings (SSSR count). The molecule has 122 valence electrons. The highest BCUT2D eigenvalue weighted by Crippen LogP contribution is 2.23. The minimum Gasteiger partial charge on any atom is -0.496 e. The molecule has 2 N–H and O–H groups in total. The molecule has 0 bridgehead atoms. The van der Waals surface area contributed by atoms with Crippen molar-refractivity contribution in [1.29, 1.82) is 0 Å². The molecule has 1 unspecified atom stereocenters. The van der Waals surface area contributed by atoms with Gasteiger partial charge in [-0.15, -0.1) is 11.3 Å². The van der Waals surface area contributed by atoms with Crippen LogP contribution >= 0.6 is 27.3 Å². The van der Waals surface area contributed by atoms with Crippen molar-refractivity contribution in [2.24, 2.45) is 5.92 Å². The molecule has 1 heterocycles. The van der Waals surface area contributed by atoms with E-state index in [1.54, 1.807) is 24.6 Å². The maximum absolute atomic E-state index is 12.1. The van der Waals surface area contributed by atoms with E-state index >= 15 is 0 Å². The molecular weight excluding hydrogens is 382 g/mol. The lowest BCUT2D eigenvalue weighted by Gasteiger charge is -2.15. The number of carboxylic acid groups (broad SMARTS) is 1. The first-order chi connectivity index (χ1) is 11.0. The summed E-state index contributed by atoms with van der Waals surface area (Å²) in [6, 6.07) is 9.05. The predicted octanol–water partition coefficient (Wildman–Crippen LogP) is 3.19. The highest BCUT2D eigenvalue weighted by molar-refractivity contribution is 9.10. The van der Waals surface area contributed by atoms with E-state index in [0.29, 0.717) is 15.1 Å². The molecule has 1 aromatic heterocycles. The number of para-hydroxylation sites is 1.